The highest BCUT2D eigenvalue weighted by Crippen LogP contribution is 2.16. The van der Waals surface area contributed by atoms with Crippen LogP contribution in [0.1, 0.15) is 5.82 Å². The molecule has 0 atom stereocenters. The molecular weight excluding hydrogens is 258 g/mol. The van der Waals surface area contributed by atoms with Crippen molar-refractivity contribution in [2.75, 3.05) is 26.3 Å². The number of ether oxygens (including phenoxy) is 1. The number of hydrogen-bond donors (Lipinski definition) is 1. The van der Waals surface area contributed by atoms with Crippen LogP contribution in [0, 0.1) is 0 Å². The molecule has 0 bridgehead atoms. The molecule has 6 heteroatoms. The molecule has 1 aliphatic rings. The molecule has 2 aromatic rings. The molecule has 0 spiro atoms. The molecule has 2 heterocycles. The molecule has 6 nitrogen and oxygen atoms in total. The summed E-state index contributed by atoms with van der Waals surface area (Å²) in [6.45, 7) is 2.45. The first-order valence-corrected chi connectivity index (χ1v) is 6.70. The number of imidazole rings is 1. The van der Waals surface area contributed by atoms with Gasteiger partial charge in [-0.05, 0) is 12.1 Å². The minimum Gasteiger partial charge on any atom is -0.388 e. The van der Waals surface area contributed by atoms with Crippen molar-refractivity contribution in [2.24, 2.45) is 0 Å². The lowest BCUT2D eigenvalue weighted by molar-refractivity contribution is -0.135. The lowest BCUT2D eigenvalue weighted by atomic mass is 10.3. The number of benzene rings is 1. The van der Waals surface area contributed by atoms with Gasteiger partial charge in [0, 0.05) is 13.1 Å². The van der Waals surface area contributed by atoms with E-state index in [4.69, 9.17) is 4.74 Å². The topological polar surface area (TPSA) is 67.6 Å². The lowest BCUT2D eigenvalue weighted by Crippen LogP contribution is -2.42. The first kappa shape index (κ1) is 13.1. The van der Waals surface area contributed by atoms with Crippen molar-refractivity contribution in [3.05, 3.63) is 30.1 Å². The van der Waals surface area contributed by atoms with E-state index in [0.29, 0.717) is 32.1 Å². The van der Waals surface area contributed by atoms with E-state index in [1.807, 2.05) is 24.3 Å². The largest absolute Gasteiger partial charge is 0.388 e. The summed E-state index contributed by atoms with van der Waals surface area (Å²) in [5, 5.41) is 9.41. The predicted octanol–water partition coefficient (Wildman–Crippen LogP) is 0.387. The highest BCUT2D eigenvalue weighted by molar-refractivity contribution is 5.81. The molecule has 1 amide bonds. The molecular formula is C14H17N3O3. The number of rotatable bonds is 3. The molecule has 1 N–H and O–H groups in total. The van der Waals surface area contributed by atoms with Crippen LogP contribution in [-0.2, 0) is 22.7 Å². The maximum atomic E-state index is 12.3. The second kappa shape index (κ2) is 5.60. The van der Waals surface area contributed by atoms with Crippen LogP contribution in [0.2, 0.25) is 0 Å². The third kappa shape index (κ3) is 2.39. The molecule has 0 unspecified atom stereocenters. The molecule has 3 rings (SSSR count). The number of nitrogens with zero attached hydrogens (tertiary/aromatic N) is 3. The van der Waals surface area contributed by atoms with Gasteiger partial charge in [0.05, 0.1) is 24.2 Å². The third-order valence-corrected chi connectivity index (χ3v) is 3.53. The summed E-state index contributed by atoms with van der Waals surface area (Å²) in [6, 6.07) is 7.59. The number of morpholine rings is 1. The maximum absolute atomic E-state index is 12.3. The molecule has 0 aliphatic carbocycles. The predicted molar refractivity (Wildman–Crippen MR) is 73.1 cm³/mol. The highest BCUT2D eigenvalue weighted by atomic mass is 16.5. The van der Waals surface area contributed by atoms with Crippen LogP contribution in [-0.4, -0.2) is 51.8 Å². The molecule has 20 heavy (non-hydrogen) atoms. The number of aliphatic hydroxyl groups excluding tert-OH is 1. The maximum Gasteiger partial charge on any atom is 0.242 e. The van der Waals surface area contributed by atoms with E-state index < -0.39 is 0 Å². The molecule has 0 radical (unpaired) electrons. The number of carbonyl (C=O) groups excluding carboxylic acids is 1. The molecule has 106 valence electrons. The number of carbonyl (C=O) groups is 1. The van der Waals surface area contributed by atoms with Gasteiger partial charge in [0.15, 0.2) is 0 Å². The average Bonchev–Trinajstić information content (AvgIpc) is 2.86. The smallest absolute Gasteiger partial charge is 0.242 e. The summed E-state index contributed by atoms with van der Waals surface area (Å²) in [7, 11) is 0. The van der Waals surface area contributed by atoms with Crippen LogP contribution >= 0.6 is 0 Å². The minimum atomic E-state index is -0.176. The first-order valence-electron chi connectivity index (χ1n) is 6.70. The summed E-state index contributed by atoms with van der Waals surface area (Å²) >= 11 is 0. The van der Waals surface area contributed by atoms with Gasteiger partial charge in [-0.25, -0.2) is 4.98 Å². The summed E-state index contributed by atoms with van der Waals surface area (Å²) in [4.78, 5) is 18.5. The number of aliphatic hydroxyl groups is 1. The van der Waals surface area contributed by atoms with E-state index in [9.17, 15) is 9.90 Å². The monoisotopic (exact) mass is 275 g/mol. The van der Waals surface area contributed by atoms with Crippen molar-refractivity contribution in [3.8, 4) is 0 Å². The zero-order valence-electron chi connectivity index (χ0n) is 11.2. The van der Waals surface area contributed by atoms with Gasteiger partial charge in [-0.3, -0.25) is 4.79 Å². The van der Waals surface area contributed by atoms with Crippen LogP contribution < -0.4 is 0 Å². The first-order chi connectivity index (χ1) is 9.79. The van der Waals surface area contributed by atoms with Crippen LogP contribution in [0.4, 0.5) is 0 Å². The van der Waals surface area contributed by atoms with Crippen LogP contribution in [0.25, 0.3) is 11.0 Å². The Hall–Kier alpha value is -1.92. The Morgan fingerprint density at radius 3 is 2.80 bits per heavy atom. The number of amides is 1. The third-order valence-electron chi connectivity index (χ3n) is 3.53. The van der Waals surface area contributed by atoms with Gasteiger partial charge in [-0.2, -0.15) is 0 Å². The van der Waals surface area contributed by atoms with Crippen LogP contribution in [0.5, 0.6) is 0 Å². The normalized spacial score (nSPS) is 15.8. The second-order valence-corrected chi connectivity index (χ2v) is 4.75. The van der Waals surface area contributed by atoms with Gasteiger partial charge in [-0.15, -0.1) is 0 Å². The van der Waals surface area contributed by atoms with E-state index in [1.54, 1.807) is 9.47 Å². The highest BCUT2D eigenvalue weighted by Gasteiger charge is 2.19. The van der Waals surface area contributed by atoms with Crippen molar-refractivity contribution < 1.29 is 14.6 Å². The van der Waals surface area contributed by atoms with Gasteiger partial charge in [0.1, 0.15) is 19.0 Å². The Kier molecular flexibility index (Phi) is 3.66. The fraction of sp³-hybridized carbons (Fsp3) is 0.429. The van der Waals surface area contributed by atoms with E-state index in [-0.39, 0.29) is 19.1 Å². The second-order valence-electron chi connectivity index (χ2n) is 4.75. The zero-order chi connectivity index (χ0) is 13.9. The standard InChI is InChI=1S/C14H17N3O3/c18-10-13-15-11-3-1-2-4-12(11)17(13)9-14(19)16-5-7-20-8-6-16/h1-4,18H,5-10H2. The number of para-hydroxylation sites is 2. The quantitative estimate of drug-likeness (QED) is 0.880. The molecule has 1 saturated heterocycles. The Balaban J connectivity index is 1.87. The van der Waals surface area contributed by atoms with E-state index in [0.717, 1.165) is 11.0 Å². The number of hydrogen-bond acceptors (Lipinski definition) is 4. The number of aromatic nitrogens is 2. The van der Waals surface area contributed by atoms with Crippen molar-refractivity contribution in [2.45, 2.75) is 13.2 Å². The summed E-state index contributed by atoms with van der Waals surface area (Å²) in [6.07, 6.45) is 0. The van der Waals surface area contributed by atoms with Gasteiger partial charge >= 0.3 is 0 Å². The lowest BCUT2D eigenvalue weighted by Gasteiger charge is -2.27. The molecule has 0 saturated carbocycles. The number of fused-ring (bicyclic) bond motifs is 1. The Labute approximate surface area is 116 Å². The van der Waals surface area contributed by atoms with Gasteiger partial charge in [0.2, 0.25) is 5.91 Å². The Morgan fingerprint density at radius 2 is 2.05 bits per heavy atom. The molecule has 1 aromatic heterocycles. The van der Waals surface area contributed by atoms with E-state index in [1.165, 1.54) is 0 Å². The van der Waals surface area contributed by atoms with Gasteiger partial charge in [0.25, 0.3) is 0 Å². The Morgan fingerprint density at radius 1 is 1.30 bits per heavy atom. The summed E-state index contributed by atoms with van der Waals surface area (Å²) in [5.41, 5.74) is 1.67. The zero-order valence-corrected chi connectivity index (χ0v) is 11.2. The molecule has 1 fully saturated rings. The molecule has 1 aromatic carbocycles. The van der Waals surface area contributed by atoms with Crippen LogP contribution in [0.3, 0.4) is 0 Å². The SMILES string of the molecule is O=C(Cn1c(CO)nc2ccccc21)N1CCOCC1. The Bertz CT molecular complexity index is 617. The van der Waals surface area contributed by atoms with Gasteiger partial charge < -0.3 is 19.3 Å². The molecule has 1 aliphatic heterocycles. The van der Waals surface area contributed by atoms with Crippen molar-refractivity contribution in [1.29, 1.82) is 0 Å². The summed E-state index contributed by atoms with van der Waals surface area (Å²) < 4.78 is 7.03. The van der Waals surface area contributed by atoms with Crippen molar-refractivity contribution in [1.82, 2.24) is 14.5 Å². The minimum absolute atomic E-state index is 0.0335. The fourth-order valence-electron chi connectivity index (χ4n) is 2.47. The van der Waals surface area contributed by atoms with Crippen LogP contribution in [0.15, 0.2) is 24.3 Å². The van der Waals surface area contributed by atoms with Crippen molar-refractivity contribution in [3.63, 3.8) is 0 Å². The summed E-state index contributed by atoms with van der Waals surface area (Å²) in [5.74, 6) is 0.555. The fourth-order valence-corrected chi connectivity index (χ4v) is 2.47. The average molecular weight is 275 g/mol. The van der Waals surface area contributed by atoms with Crippen molar-refractivity contribution >= 4 is 16.9 Å². The van der Waals surface area contributed by atoms with Gasteiger partial charge in [-0.1, -0.05) is 12.1 Å². The van der Waals surface area contributed by atoms with E-state index in [2.05, 4.69) is 4.98 Å². The van der Waals surface area contributed by atoms with E-state index >= 15 is 0 Å².